The van der Waals surface area contributed by atoms with Gasteiger partial charge in [-0.1, -0.05) is 42.1 Å². The lowest BCUT2D eigenvalue weighted by molar-refractivity contribution is -0.116. The van der Waals surface area contributed by atoms with Gasteiger partial charge in [0.25, 0.3) is 0 Å². The molecule has 0 aliphatic carbocycles. The van der Waals surface area contributed by atoms with Crippen molar-refractivity contribution >= 4 is 35.0 Å². The summed E-state index contributed by atoms with van der Waals surface area (Å²) < 4.78 is 1.59. The van der Waals surface area contributed by atoms with Crippen molar-refractivity contribution in [1.29, 1.82) is 0 Å². The molecule has 1 N–H and O–H groups in total. The van der Waals surface area contributed by atoms with Crippen LogP contribution < -0.4 is 5.32 Å². The molecule has 0 atom stereocenters. The van der Waals surface area contributed by atoms with Gasteiger partial charge in [0, 0.05) is 22.2 Å². The molecule has 23 heavy (non-hydrogen) atoms. The summed E-state index contributed by atoms with van der Waals surface area (Å²) in [6.45, 7) is 0.128. The Kier molecular flexibility index (Phi) is 5.00. The first-order valence-electron chi connectivity index (χ1n) is 7.01. The third-order valence-electron chi connectivity index (χ3n) is 3.11. The lowest BCUT2D eigenvalue weighted by Crippen LogP contribution is -2.18. The number of carbonyl (C=O) groups is 1. The van der Waals surface area contributed by atoms with Crippen LogP contribution in [0.15, 0.2) is 76.8 Å². The highest BCUT2D eigenvalue weighted by atomic mass is 35.5. The fourth-order valence-corrected chi connectivity index (χ4v) is 3.14. The topological polar surface area (TPSA) is 46.9 Å². The molecule has 0 fully saturated rings. The van der Waals surface area contributed by atoms with E-state index in [0.29, 0.717) is 5.28 Å². The first kappa shape index (κ1) is 15.6. The fourth-order valence-electron chi connectivity index (χ4n) is 2.05. The molecule has 0 saturated heterocycles. The van der Waals surface area contributed by atoms with Crippen LogP contribution in [-0.2, 0) is 11.3 Å². The second kappa shape index (κ2) is 7.35. The molecule has 0 aliphatic heterocycles. The van der Waals surface area contributed by atoms with Crippen molar-refractivity contribution in [3.05, 3.63) is 72.3 Å². The van der Waals surface area contributed by atoms with Gasteiger partial charge in [-0.3, -0.25) is 4.79 Å². The van der Waals surface area contributed by atoms with Gasteiger partial charge in [0.05, 0.1) is 5.69 Å². The van der Waals surface area contributed by atoms with Crippen LogP contribution in [0.4, 0.5) is 5.69 Å². The quantitative estimate of drug-likeness (QED) is 0.750. The summed E-state index contributed by atoms with van der Waals surface area (Å²) in [5.74, 6) is -0.147. The molecular weight excluding hydrogens is 330 g/mol. The molecule has 2 aromatic carbocycles. The average Bonchev–Trinajstić information content (AvgIpc) is 2.95. The van der Waals surface area contributed by atoms with E-state index < -0.39 is 0 Å². The maximum atomic E-state index is 12.2. The van der Waals surface area contributed by atoms with Gasteiger partial charge in [-0.2, -0.15) is 0 Å². The predicted octanol–water partition coefficient (Wildman–Crippen LogP) is 4.33. The predicted molar refractivity (Wildman–Crippen MR) is 92.9 cm³/mol. The van der Waals surface area contributed by atoms with Crippen LogP contribution in [0.2, 0.25) is 5.28 Å². The van der Waals surface area contributed by atoms with Crippen molar-refractivity contribution in [3.8, 4) is 0 Å². The smallest absolute Gasteiger partial charge is 0.244 e. The van der Waals surface area contributed by atoms with Gasteiger partial charge in [-0.05, 0) is 35.9 Å². The summed E-state index contributed by atoms with van der Waals surface area (Å²) in [5, 5.41) is 3.23. The molecular formula is C17H14ClN3OS. The van der Waals surface area contributed by atoms with E-state index in [9.17, 15) is 4.79 Å². The van der Waals surface area contributed by atoms with Crippen LogP contribution in [0, 0.1) is 0 Å². The Morgan fingerprint density at radius 3 is 2.61 bits per heavy atom. The molecule has 1 amide bonds. The lowest BCUT2D eigenvalue weighted by atomic mass is 10.3. The van der Waals surface area contributed by atoms with E-state index in [-0.39, 0.29) is 12.5 Å². The zero-order valence-electron chi connectivity index (χ0n) is 12.1. The molecule has 3 aromatic rings. The fraction of sp³-hybridized carbons (Fsp3) is 0.0588. The van der Waals surface area contributed by atoms with Gasteiger partial charge >= 0.3 is 0 Å². The summed E-state index contributed by atoms with van der Waals surface area (Å²) in [6, 6.07) is 17.8. The van der Waals surface area contributed by atoms with Crippen LogP contribution in [0.3, 0.4) is 0 Å². The second-order valence-electron chi connectivity index (χ2n) is 4.78. The largest absolute Gasteiger partial charge is 0.324 e. The van der Waals surface area contributed by atoms with Crippen LogP contribution in [0.25, 0.3) is 0 Å². The Hall–Kier alpha value is -2.24. The molecule has 1 heterocycles. The monoisotopic (exact) mass is 343 g/mol. The minimum atomic E-state index is -0.147. The number of anilines is 1. The normalized spacial score (nSPS) is 10.5. The molecule has 6 heteroatoms. The third kappa shape index (κ3) is 4.15. The van der Waals surface area contributed by atoms with Crippen LogP contribution in [0.1, 0.15) is 0 Å². The number of hydrogen-bond donors (Lipinski definition) is 1. The molecule has 0 saturated carbocycles. The highest BCUT2D eigenvalue weighted by molar-refractivity contribution is 7.99. The Bertz CT molecular complexity index is 804. The summed E-state index contributed by atoms with van der Waals surface area (Å²) in [7, 11) is 0. The first-order valence-corrected chi connectivity index (χ1v) is 8.20. The minimum absolute atomic E-state index is 0.128. The number of hydrogen-bond acceptors (Lipinski definition) is 3. The van der Waals surface area contributed by atoms with E-state index in [0.717, 1.165) is 15.5 Å². The Morgan fingerprint density at radius 1 is 1.13 bits per heavy atom. The number of benzene rings is 2. The van der Waals surface area contributed by atoms with Gasteiger partial charge in [0.1, 0.15) is 6.54 Å². The highest BCUT2D eigenvalue weighted by Crippen LogP contribution is 2.33. The van der Waals surface area contributed by atoms with E-state index in [1.54, 1.807) is 28.7 Å². The van der Waals surface area contributed by atoms with Gasteiger partial charge in [0.15, 0.2) is 0 Å². The van der Waals surface area contributed by atoms with Crippen molar-refractivity contribution in [3.63, 3.8) is 0 Å². The third-order valence-corrected chi connectivity index (χ3v) is 4.51. The molecule has 4 nitrogen and oxygen atoms in total. The number of nitrogens with one attached hydrogen (secondary N) is 1. The van der Waals surface area contributed by atoms with E-state index in [1.807, 2.05) is 54.6 Å². The number of imidazole rings is 1. The number of aromatic nitrogens is 2. The van der Waals surface area contributed by atoms with Crippen molar-refractivity contribution in [2.24, 2.45) is 0 Å². The van der Waals surface area contributed by atoms with E-state index in [1.165, 1.54) is 0 Å². The minimum Gasteiger partial charge on any atom is -0.324 e. The van der Waals surface area contributed by atoms with Crippen LogP contribution >= 0.6 is 23.4 Å². The molecule has 0 bridgehead atoms. The number of amides is 1. The summed E-state index contributed by atoms with van der Waals surface area (Å²) >= 11 is 7.50. The van der Waals surface area contributed by atoms with Crippen molar-refractivity contribution in [2.45, 2.75) is 16.3 Å². The van der Waals surface area contributed by atoms with E-state index in [2.05, 4.69) is 10.3 Å². The average molecular weight is 344 g/mol. The van der Waals surface area contributed by atoms with Gasteiger partial charge < -0.3 is 9.88 Å². The Balaban J connectivity index is 1.73. The Labute approximate surface area is 143 Å². The number of para-hydroxylation sites is 1. The van der Waals surface area contributed by atoms with E-state index >= 15 is 0 Å². The van der Waals surface area contributed by atoms with Crippen molar-refractivity contribution < 1.29 is 4.79 Å². The maximum absolute atomic E-state index is 12.2. The van der Waals surface area contributed by atoms with Crippen LogP contribution in [0.5, 0.6) is 0 Å². The maximum Gasteiger partial charge on any atom is 0.244 e. The number of carbonyl (C=O) groups excluding carboxylic acids is 1. The number of rotatable bonds is 5. The summed E-state index contributed by atoms with van der Waals surface area (Å²) in [5.41, 5.74) is 0.780. The molecule has 0 aliphatic rings. The van der Waals surface area contributed by atoms with Gasteiger partial charge in [-0.15, -0.1) is 0 Å². The zero-order chi connectivity index (χ0) is 16.1. The molecule has 1 aromatic heterocycles. The summed E-state index contributed by atoms with van der Waals surface area (Å²) in [6.07, 6.45) is 3.24. The van der Waals surface area contributed by atoms with Gasteiger partial charge in [0.2, 0.25) is 11.2 Å². The summed E-state index contributed by atoms with van der Waals surface area (Å²) in [4.78, 5) is 18.2. The van der Waals surface area contributed by atoms with Gasteiger partial charge in [-0.25, -0.2) is 4.98 Å². The van der Waals surface area contributed by atoms with Crippen molar-refractivity contribution in [1.82, 2.24) is 9.55 Å². The molecule has 0 unspecified atom stereocenters. The molecule has 0 radical (unpaired) electrons. The number of nitrogens with zero attached hydrogens (tertiary/aromatic N) is 2. The standard InChI is InChI=1S/C17H14ClN3OS/c18-17-19-10-11-21(17)12-16(22)20-14-8-4-5-9-15(14)23-13-6-2-1-3-7-13/h1-11H,12H2,(H,20,22). The first-order chi connectivity index (χ1) is 11.2. The van der Waals surface area contributed by atoms with Crippen molar-refractivity contribution in [2.75, 3.05) is 5.32 Å². The second-order valence-corrected chi connectivity index (χ2v) is 6.24. The number of halogens is 1. The zero-order valence-corrected chi connectivity index (χ0v) is 13.7. The molecule has 3 rings (SSSR count). The molecule has 116 valence electrons. The van der Waals surface area contributed by atoms with E-state index in [4.69, 9.17) is 11.6 Å². The van der Waals surface area contributed by atoms with Crippen LogP contribution in [-0.4, -0.2) is 15.5 Å². The highest BCUT2D eigenvalue weighted by Gasteiger charge is 2.10. The Morgan fingerprint density at radius 2 is 1.87 bits per heavy atom. The molecule has 0 spiro atoms. The SMILES string of the molecule is O=C(Cn1ccnc1Cl)Nc1ccccc1Sc1ccccc1. The lowest BCUT2D eigenvalue weighted by Gasteiger charge is -2.11.